The van der Waals surface area contributed by atoms with Gasteiger partial charge in [0.25, 0.3) is 0 Å². The van der Waals surface area contributed by atoms with E-state index in [1.54, 1.807) is 6.07 Å². The molecule has 2 saturated heterocycles. The fourth-order valence-electron chi connectivity index (χ4n) is 5.23. The van der Waals surface area contributed by atoms with Crippen molar-refractivity contribution in [2.24, 2.45) is 5.41 Å². The van der Waals surface area contributed by atoms with Gasteiger partial charge < -0.3 is 14.9 Å². The molecule has 1 N–H and O–H groups in total. The lowest BCUT2D eigenvalue weighted by molar-refractivity contribution is -0.199. The summed E-state index contributed by atoms with van der Waals surface area (Å²) in [4.78, 5) is 29.4. The second kappa shape index (κ2) is 9.30. The van der Waals surface area contributed by atoms with Gasteiger partial charge in [0.2, 0.25) is 5.91 Å². The number of likely N-dealkylation sites (tertiary alicyclic amines) is 1. The highest BCUT2D eigenvalue weighted by molar-refractivity contribution is 7.92. The Morgan fingerprint density at radius 1 is 1.08 bits per heavy atom. The highest BCUT2D eigenvalue weighted by Gasteiger charge is 2.70. The number of aliphatic carboxylic acids is 1. The summed E-state index contributed by atoms with van der Waals surface area (Å²) in [7, 11) is -4.24. The van der Waals surface area contributed by atoms with Gasteiger partial charge in [0.15, 0.2) is 9.84 Å². The van der Waals surface area contributed by atoms with Crippen molar-refractivity contribution in [3.63, 3.8) is 0 Å². The molecule has 3 fully saturated rings. The van der Waals surface area contributed by atoms with Gasteiger partial charge in [-0.05, 0) is 58.2 Å². The van der Waals surface area contributed by atoms with Gasteiger partial charge in [-0.15, -0.1) is 0 Å². The van der Waals surface area contributed by atoms with Gasteiger partial charge in [-0.25, -0.2) is 13.2 Å². The molecule has 206 valence electrons. The third-order valence-electron chi connectivity index (χ3n) is 7.76. The van der Waals surface area contributed by atoms with Crippen LogP contribution in [-0.2, 0) is 19.4 Å². The number of piperazine rings is 1. The number of amides is 1. The Hall–Kier alpha value is -2.05. The largest absolute Gasteiger partial charge is 0.480 e. The molecule has 13 heteroatoms. The molecular weight excluding hydrogens is 535 g/mol. The van der Waals surface area contributed by atoms with Gasteiger partial charge in [0, 0.05) is 44.0 Å². The number of benzene rings is 1. The first-order chi connectivity index (χ1) is 17.0. The predicted octanol–water partition coefficient (Wildman–Crippen LogP) is 3.43. The van der Waals surface area contributed by atoms with Crippen molar-refractivity contribution >= 4 is 39.0 Å². The van der Waals surface area contributed by atoms with Crippen molar-refractivity contribution in [2.45, 2.75) is 67.9 Å². The molecule has 2 atom stereocenters. The Morgan fingerprint density at radius 2 is 1.68 bits per heavy atom. The van der Waals surface area contributed by atoms with Gasteiger partial charge in [-0.2, -0.15) is 13.2 Å². The van der Waals surface area contributed by atoms with Gasteiger partial charge in [0.05, 0.1) is 15.2 Å². The normalized spacial score (nSPS) is 24.8. The van der Waals surface area contributed by atoms with Crippen LogP contribution < -0.4 is 4.90 Å². The van der Waals surface area contributed by atoms with Crippen LogP contribution >= 0.6 is 11.6 Å². The maximum Gasteiger partial charge on any atom is 0.403 e. The van der Waals surface area contributed by atoms with Crippen molar-refractivity contribution < 1.29 is 36.3 Å². The smallest absolute Gasteiger partial charge is 0.403 e. The number of alkyl halides is 3. The van der Waals surface area contributed by atoms with E-state index in [0.29, 0.717) is 4.90 Å². The number of carbonyl (C=O) groups is 2. The Kier molecular flexibility index (Phi) is 7.03. The van der Waals surface area contributed by atoms with E-state index in [4.69, 9.17) is 11.6 Å². The zero-order valence-corrected chi connectivity index (χ0v) is 22.5. The number of carboxylic acid groups (broad SMARTS) is 1. The van der Waals surface area contributed by atoms with Crippen LogP contribution in [0.25, 0.3) is 0 Å². The van der Waals surface area contributed by atoms with Crippen LogP contribution in [0.15, 0.2) is 23.1 Å². The Balaban J connectivity index is 1.53. The lowest BCUT2D eigenvalue weighted by atomic mass is 10.0. The summed E-state index contributed by atoms with van der Waals surface area (Å²) < 4.78 is 67.4. The number of halogens is 4. The highest BCUT2D eigenvalue weighted by atomic mass is 35.5. The molecule has 1 saturated carbocycles. The van der Waals surface area contributed by atoms with E-state index in [2.05, 4.69) is 30.6 Å². The second-order valence-electron chi connectivity index (χ2n) is 11.1. The van der Waals surface area contributed by atoms with E-state index >= 15 is 0 Å². The van der Waals surface area contributed by atoms with Crippen molar-refractivity contribution in [3.8, 4) is 0 Å². The zero-order valence-electron chi connectivity index (χ0n) is 20.9. The number of carboxylic acids is 1. The average Bonchev–Trinajstić information content (AvgIpc) is 3.50. The van der Waals surface area contributed by atoms with Crippen LogP contribution in [-0.4, -0.2) is 90.9 Å². The number of hydrogen-bond donors (Lipinski definition) is 1. The Bertz CT molecular complexity index is 1190. The molecule has 37 heavy (non-hydrogen) atoms. The van der Waals surface area contributed by atoms with Crippen molar-refractivity contribution in [1.82, 2.24) is 9.80 Å². The molecule has 1 aromatic rings. The quantitative estimate of drug-likeness (QED) is 0.584. The van der Waals surface area contributed by atoms with Crippen LogP contribution in [0.4, 0.5) is 18.9 Å². The Morgan fingerprint density at radius 3 is 2.14 bits per heavy atom. The average molecular weight is 566 g/mol. The molecule has 1 aliphatic carbocycles. The standard InChI is InChI=1S/C24H31ClF3N3O5S/c1-22(2,3)30-10-8-29(9-11-30)15-4-5-19(17(25)12-15)37(35,36)16-13-18(20(32)33)31(14-16)21(34)23(6-7-23)24(26,27)28/h4-5,12,16,18H,6-11,13-14H2,1-3H3,(H,32,33)/t16-,18-/m1/s1. The molecular formula is C24H31ClF3N3O5S. The third kappa shape index (κ3) is 5.04. The molecule has 0 bridgehead atoms. The SMILES string of the molecule is CC(C)(C)N1CCN(c2ccc(S(=O)(=O)[C@@H]3C[C@H](C(=O)O)N(C(=O)C4(C(F)(F)F)CC4)C3)c(Cl)c2)CC1. The van der Waals surface area contributed by atoms with Gasteiger partial charge >= 0.3 is 12.1 Å². The number of nitrogens with zero attached hydrogens (tertiary/aromatic N) is 3. The molecule has 0 unspecified atom stereocenters. The zero-order chi connectivity index (χ0) is 27.6. The lowest BCUT2D eigenvalue weighted by Gasteiger charge is -2.43. The van der Waals surface area contributed by atoms with E-state index in [-0.39, 0.29) is 15.5 Å². The molecule has 0 spiro atoms. The molecule has 0 aromatic heterocycles. The van der Waals surface area contributed by atoms with Crippen molar-refractivity contribution in [2.75, 3.05) is 37.6 Å². The molecule has 1 aromatic carbocycles. The first-order valence-corrected chi connectivity index (χ1v) is 14.1. The fraction of sp³-hybridized carbons (Fsp3) is 0.667. The number of sulfone groups is 1. The van der Waals surface area contributed by atoms with E-state index in [0.717, 1.165) is 31.9 Å². The molecule has 2 heterocycles. The summed E-state index contributed by atoms with van der Waals surface area (Å²) >= 11 is 6.39. The first-order valence-electron chi connectivity index (χ1n) is 12.1. The summed E-state index contributed by atoms with van der Waals surface area (Å²) in [6, 6.07) is 2.85. The van der Waals surface area contributed by atoms with Crippen LogP contribution in [0.1, 0.15) is 40.0 Å². The van der Waals surface area contributed by atoms with Gasteiger partial charge in [0.1, 0.15) is 11.5 Å². The summed E-state index contributed by atoms with van der Waals surface area (Å²) in [6.45, 7) is 8.87. The number of hydrogen-bond acceptors (Lipinski definition) is 6. The predicted molar refractivity (Wildman–Crippen MR) is 131 cm³/mol. The molecule has 0 radical (unpaired) electrons. The van der Waals surface area contributed by atoms with E-state index < -0.39 is 70.4 Å². The summed E-state index contributed by atoms with van der Waals surface area (Å²) in [6.07, 6.45) is -6.22. The van der Waals surface area contributed by atoms with Crippen LogP contribution in [0.5, 0.6) is 0 Å². The van der Waals surface area contributed by atoms with Crippen LogP contribution in [0.3, 0.4) is 0 Å². The number of rotatable bonds is 5. The number of carbonyl (C=O) groups excluding carboxylic acids is 1. The summed E-state index contributed by atoms with van der Waals surface area (Å²) in [5.74, 6) is -2.92. The minimum Gasteiger partial charge on any atom is -0.480 e. The van der Waals surface area contributed by atoms with Crippen molar-refractivity contribution in [3.05, 3.63) is 23.2 Å². The van der Waals surface area contributed by atoms with Gasteiger partial charge in [-0.3, -0.25) is 9.69 Å². The second-order valence-corrected chi connectivity index (χ2v) is 13.7. The summed E-state index contributed by atoms with van der Waals surface area (Å²) in [5, 5.41) is 8.13. The molecule has 2 aliphatic heterocycles. The van der Waals surface area contributed by atoms with E-state index in [1.807, 2.05) is 0 Å². The van der Waals surface area contributed by atoms with E-state index in [9.17, 15) is 36.3 Å². The highest BCUT2D eigenvalue weighted by Crippen LogP contribution is 2.59. The van der Waals surface area contributed by atoms with Crippen molar-refractivity contribution in [1.29, 1.82) is 0 Å². The first kappa shape index (κ1) is 28.0. The topological polar surface area (TPSA) is 98.2 Å². The summed E-state index contributed by atoms with van der Waals surface area (Å²) in [5.41, 5.74) is -1.86. The lowest BCUT2D eigenvalue weighted by Crippen LogP contribution is -2.53. The maximum atomic E-state index is 13.5. The van der Waals surface area contributed by atoms with Crippen LogP contribution in [0.2, 0.25) is 5.02 Å². The Labute approximate surface area is 219 Å². The van der Waals surface area contributed by atoms with Crippen LogP contribution in [0, 0.1) is 5.41 Å². The van der Waals surface area contributed by atoms with Gasteiger partial charge in [-0.1, -0.05) is 11.6 Å². The van der Waals surface area contributed by atoms with E-state index in [1.165, 1.54) is 12.1 Å². The molecule has 4 rings (SSSR count). The maximum absolute atomic E-state index is 13.5. The molecule has 3 aliphatic rings. The minimum absolute atomic E-state index is 0.0330. The minimum atomic E-state index is -4.83. The monoisotopic (exact) mass is 565 g/mol. The molecule has 8 nitrogen and oxygen atoms in total. The molecule has 1 amide bonds. The fourth-order valence-corrected chi connectivity index (χ4v) is 7.47. The third-order valence-corrected chi connectivity index (χ3v) is 10.4. The number of anilines is 1.